The average Bonchev–Trinajstić information content (AvgIpc) is 2.88. The van der Waals surface area contributed by atoms with Crippen LogP contribution in [-0.2, 0) is 6.42 Å². The highest BCUT2D eigenvalue weighted by atomic mass is 16.6. The van der Waals surface area contributed by atoms with Crippen LogP contribution in [-0.4, -0.2) is 45.8 Å². The van der Waals surface area contributed by atoms with Crippen LogP contribution in [0.25, 0.3) is 5.69 Å². The van der Waals surface area contributed by atoms with E-state index in [4.69, 9.17) is 5.10 Å². The van der Waals surface area contributed by atoms with Gasteiger partial charge in [-0.25, -0.2) is 4.68 Å². The van der Waals surface area contributed by atoms with Crippen molar-refractivity contribution in [2.45, 2.75) is 44.9 Å². The van der Waals surface area contributed by atoms with E-state index >= 15 is 0 Å². The number of nitro benzene ring substituents is 1. The van der Waals surface area contributed by atoms with Gasteiger partial charge in [0.1, 0.15) is 11.5 Å². The zero-order valence-corrected chi connectivity index (χ0v) is 15.9. The lowest BCUT2D eigenvalue weighted by Crippen LogP contribution is -2.34. The standard InChI is InChI=1S/C20H27N5O2/c1-2-23-13-7-8-15(14-23)19-16-9-5-6-12-21-20(16)24(22-19)17-10-3-4-11-18(17)25(26)27/h3-4,10-11,15,21H,2,5-9,12-14H2,1H3. The maximum Gasteiger partial charge on any atom is 0.294 e. The molecular weight excluding hydrogens is 342 g/mol. The minimum Gasteiger partial charge on any atom is -0.370 e. The molecule has 3 heterocycles. The van der Waals surface area contributed by atoms with Gasteiger partial charge in [0.15, 0.2) is 0 Å². The fraction of sp³-hybridized carbons (Fsp3) is 0.550. The monoisotopic (exact) mass is 369 g/mol. The molecule has 1 fully saturated rings. The van der Waals surface area contributed by atoms with E-state index in [2.05, 4.69) is 17.1 Å². The van der Waals surface area contributed by atoms with Gasteiger partial charge in [-0.3, -0.25) is 10.1 Å². The summed E-state index contributed by atoms with van der Waals surface area (Å²) in [6.45, 7) is 6.32. The van der Waals surface area contributed by atoms with Crippen molar-refractivity contribution >= 4 is 11.5 Å². The topological polar surface area (TPSA) is 76.2 Å². The summed E-state index contributed by atoms with van der Waals surface area (Å²) in [5.74, 6) is 1.35. The second kappa shape index (κ2) is 7.68. The summed E-state index contributed by atoms with van der Waals surface area (Å²) in [5.41, 5.74) is 3.03. The molecule has 27 heavy (non-hydrogen) atoms. The van der Waals surface area contributed by atoms with E-state index < -0.39 is 0 Å². The fourth-order valence-electron chi connectivity index (χ4n) is 4.39. The highest BCUT2D eigenvalue weighted by molar-refractivity contribution is 5.60. The molecule has 2 aliphatic heterocycles. The number of benzene rings is 1. The number of aromatic nitrogens is 2. The number of likely N-dealkylation sites (N-methyl/N-ethyl adjacent to an activating group) is 1. The van der Waals surface area contributed by atoms with Crippen molar-refractivity contribution in [3.63, 3.8) is 0 Å². The number of para-hydroxylation sites is 2. The Kier molecular flexibility index (Phi) is 5.11. The lowest BCUT2D eigenvalue weighted by molar-refractivity contribution is -0.384. The predicted molar refractivity (Wildman–Crippen MR) is 106 cm³/mol. The number of piperidine rings is 1. The Hall–Kier alpha value is -2.41. The van der Waals surface area contributed by atoms with Crippen LogP contribution in [0, 0.1) is 10.1 Å². The van der Waals surface area contributed by atoms with Crippen LogP contribution in [0.2, 0.25) is 0 Å². The Morgan fingerprint density at radius 3 is 2.96 bits per heavy atom. The molecule has 0 spiro atoms. The van der Waals surface area contributed by atoms with Gasteiger partial charge in [-0.05, 0) is 51.3 Å². The number of nitrogens with zero attached hydrogens (tertiary/aromatic N) is 4. The zero-order valence-electron chi connectivity index (χ0n) is 15.9. The van der Waals surface area contributed by atoms with Gasteiger partial charge in [0, 0.05) is 30.6 Å². The van der Waals surface area contributed by atoms with Crippen molar-refractivity contribution in [1.29, 1.82) is 0 Å². The summed E-state index contributed by atoms with van der Waals surface area (Å²) in [6, 6.07) is 6.89. The number of nitro groups is 1. The minimum atomic E-state index is -0.320. The van der Waals surface area contributed by atoms with E-state index in [-0.39, 0.29) is 10.6 Å². The van der Waals surface area contributed by atoms with Crippen molar-refractivity contribution in [3.8, 4) is 5.69 Å². The molecular formula is C20H27N5O2. The SMILES string of the molecule is CCN1CCCC(c2nn(-c3ccccc3[N+](=O)[O-])c3c2CCCCN3)C1. The molecule has 1 unspecified atom stereocenters. The molecule has 1 aromatic carbocycles. The van der Waals surface area contributed by atoms with Crippen molar-refractivity contribution in [2.24, 2.45) is 0 Å². The van der Waals surface area contributed by atoms with Crippen LogP contribution in [0.15, 0.2) is 24.3 Å². The highest BCUT2D eigenvalue weighted by Crippen LogP contribution is 2.37. The zero-order chi connectivity index (χ0) is 18.8. The summed E-state index contributed by atoms with van der Waals surface area (Å²) < 4.78 is 1.79. The van der Waals surface area contributed by atoms with Gasteiger partial charge >= 0.3 is 0 Å². The van der Waals surface area contributed by atoms with Gasteiger partial charge in [-0.2, -0.15) is 5.10 Å². The quantitative estimate of drug-likeness (QED) is 0.656. The first kappa shape index (κ1) is 18.0. The molecule has 1 atom stereocenters. The number of hydrogen-bond acceptors (Lipinski definition) is 5. The maximum absolute atomic E-state index is 11.6. The van der Waals surface area contributed by atoms with Crippen molar-refractivity contribution in [3.05, 3.63) is 45.6 Å². The molecule has 7 nitrogen and oxygen atoms in total. The van der Waals surface area contributed by atoms with Crippen molar-refractivity contribution in [1.82, 2.24) is 14.7 Å². The largest absolute Gasteiger partial charge is 0.370 e. The maximum atomic E-state index is 11.6. The van der Waals surface area contributed by atoms with Crippen LogP contribution in [0.4, 0.5) is 11.5 Å². The molecule has 0 aliphatic carbocycles. The highest BCUT2D eigenvalue weighted by Gasteiger charge is 2.30. The number of nitrogens with one attached hydrogen (secondary N) is 1. The molecule has 1 saturated heterocycles. The van der Waals surface area contributed by atoms with Gasteiger partial charge in [-0.1, -0.05) is 19.1 Å². The molecule has 2 aromatic rings. The molecule has 0 saturated carbocycles. The van der Waals surface area contributed by atoms with E-state index in [1.807, 2.05) is 6.07 Å². The average molecular weight is 369 g/mol. The van der Waals surface area contributed by atoms with Gasteiger partial charge in [0.25, 0.3) is 5.69 Å². The first-order chi connectivity index (χ1) is 13.2. The van der Waals surface area contributed by atoms with Gasteiger partial charge < -0.3 is 10.2 Å². The summed E-state index contributed by atoms with van der Waals surface area (Å²) in [6.07, 6.45) is 5.54. The van der Waals surface area contributed by atoms with Gasteiger partial charge in [0.2, 0.25) is 0 Å². The molecule has 0 radical (unpaired) electrons. The first-order valence-corrected chi connectivity index (χ1v) is 10.0. The van der Waals surface area contributed by atoms with Crippen LogP contribution in [0.5, 0.6) is 0 Å². The molecule has 2 aliphatic rings. The minimum absolute atomic E-state index is 0.0965. The second-order valence-corrected chi connectivity index (χ2v) is 7.49. The van der Waals surface area contributed by atoms with Crippen LogP contribution >= 0.6 is 0 Å². The lowest BCUT2D eigenvalue weighted by Gasteiger charge is -2.31. The Morgan fingerprint density at radius 1 is 1.30 bits per heavy atom. The second-order valence-electron chi connectivity index (χ2n) is 7.49. The number of likely N-dealkylation sites (tertiary alicyclic amines) is 1. The Bertz CT molecular complexity index is 832. The van der Waals surface area contributed by atoms with Gasteiger partial charge in [0.05, 0.1) is 10.6 Å². The summed E-state index contributed by atoms with van der Waals surface area (Å²) in [5, 5.41) is 20.0. The van der Waals surface area contributed by atoms with Crippen LogP contribution in [0.3, 0.4) is 0 Å². The molecule has 1 aromatic heterocycles. The lowest BCUT2D eigenvalue weighted by atomic mass is 9.91. The molecule has 7 heteroatoms. The Labute approximate surface area is 159 Å². The third-order valence-electron chi connectivity index (χ3n) is 5.81. The van der Waals surface area contributed by atoms with E-state index in [0.717, 1.165) is 63.4 Å². The molecule has 0 bridgehead atoms. The summed E-state index contributed by atoms with van der Waals surface area (Å²) in [7, 11) is 0. The molecule has 144 valence electrons. The first-order valence-electron chi connectivity index (χ1n) is 10.0. The van der Waals surface area contributed by atoms with Crippen LogP contribution < -0.4 is 5.32 Å². The number of hydrogen-bond donors (Lipinski definition) is 1. The summed E-state index contributed by atoms with van der Waals surface area (Å²) in [4.78, 5) is 13.7. The molecule has 1 N–H and O–H groups in total. The number of rotatable bonds is 4. The van der Waals surface area contributed by atoms with E-state index in [9.17, 15) is 10.1 Å². The summed E-state index contributed by atoms with van der Waals surface area (Å²) >= 11 is 0. The predicted octanol–water partition coefficient (Wildman–Crippen LogP) is 3.73. The molecule has 0 amide bonds. The smallest absolute Gasteiger partial charge is 0.294 e. The number of anilines is 1. The Morgan fingerprint density at radius 2 is 2.15 bits per heavy atom. The van der Waals surface area contributed by atoms with Crippen LogP contribution in [0.1, 0.15) is 49.8 Å². The van der Waals surface area contributed by atoms with Gasteiger partial charge in [-0.15, -0.1) is 0 Å². The van der Waals surface area contributed by atoms with E-state index in [1.54, 1.807) is 22.9 Å². The van der Waals surface area contributed by atoms with Crippen molar-refractivity contribution < 1.29 is 4.92 Å². The Balaban J connectivity index is 1.82. The molecule has 4 rings (SSSR count). The third-order valence-corrected chi connectivity index (χ3v) is 5.81. The van der Waals surface area contributed by atoms with E-state index in [0.29, 0.717) is 11.6 Å². The van der Waals surface area contributed by atoms with E-state index in [1.165, 1.54) is 12.0 Å². The number of fused-ring (bicyclic) bond motifs is 1. The normalized spacial score (nSPS) is 20.6. The third kappa shape index (κ3) is 3.43. The van der Waals surface area contributed by atoms with Crippen molar-refractivity contribution in [2.75, 3.05) is 31.5 Å². The fourth-order valence-corrected chi connectivity index (χ4v) is 4.39.